The molecule has 1 atom stereocenters. The molecule has 0 amide bonds. The van der Waals surface area contributed by atoms with Crippen LogP contribution in [0.2, 0.25) is 0 Å². The number of nitrogens with zero attached hydrogens (tertiary/aromatic N) is 1. The standard InChI is InChI=1S/C14H30N2O/c1-3-14-8-5-4-6-11-16(14)12-10-15-9-7-13-17-2/h14-15H,3-13H2,1-2H3. The van der Waals surface area contributed by atoms with Crippen LogP contribution in [0.1, 0.15) is 45.4 Å². The minimum absolute atomic E-state index is 0.832. The van der Waals surface area contributed by atoms with E-state index < -0.39 is 0 Å². The van der Waals surface area contributed by atoms with Gasteiger partial charge in [-0.1, -0.05) is 19.8 Å². The molecule has 0 radical (unpaired) electrons. The summed E-state index contributed by atoms with van der Waals surface area (Å²) < 4.78 is 5.04. The van der Waals surface area contributed by atoms with E-state index in [2.05, 4.69) is 17.1 Å². The van der Waals surface area contributed by atoms with Crippen LogP contribution in [0.15, 0.2) is 0 Å². The molecule has 17 heavy (non-hydrogen) atoms. The summed E-state index contributed by atoms with van der Waals surface area (Å²) in [4.78, 5) is 2.69. The first-order valence-corrected chi connectivity index (χ1v) is 7.32. The number of methoxy groups -OCH3 is 1. The Kier molecular flexibility index (Phi) is 8.67. The van der Waals surface area contributed by atoms with Crippen LogP contribution < -0.4 is 5.32 Å². The smallest absolute Gasteiger partial charge is 0.0474 e. The summed E-state index contributed by atoms with van der Waals surface area (Å²) in [7, 11) is 1.77. The Morgan fingerprint density at radius 3 is 2.88 bits per heavy atom. The van der Waals surface area contributed by atoms with Gasteiger partial charge in [-0.05, 0) is 38.8 Å². The molecule has 1 fully saturated rings. The molecule has 0 aromatic carbocycles. The van der Waals surface area contributed by atoms with E-state index in [1.165, 1.54) is 45.2 Å². The van der Waals surface area contributed by atoms with Crippen molar-refractivity contribution in [1.29, 1.82) is 0 Å². The maximum atomic E-state index is 5.04. The van der Waals surface area contributed by atoms with Gasteiger partial charge in [-0.2, -0.15) is 0 Å². The molecule has 0 aromatic heterocycles. The van der Waals surface area contributed by atoms with Crippen LogP contribution in [-0.2, 0) is 4.74 Å². The maximum Gasteiger partial charge on any atom is 0.0474 e. The van der Waals surface area contributed by atoms with Crippen LogP contribution in [0.5, 0.6) is 0 Å². The summed E-state index contributed by atoms with van der Waals surface area (Å²) in [6.07, 6.45) is 8.07. The predicted molar refractivity (Wildman–Crippen MR) is 73.5 cm³/mol. The molecular formula is C14H30N2O. The highest BCUT2D eigenvalue weighted by Crippen LogP contribution is 2.18. The van der Waals surface area contributed by atoms with E-state index in [4.69, 9.17) is 4.74 Å². The number of nitrogens with one attached hydrogen (secondary N) is 1. The van der Waals surface area contributed by atoms with Crippen molar-refractivity contribution in [2.75, 3.05) is 39.9 Å². The molecule has 1 heterocycles. The molecule has 0 saturated carbocycles. The Balaban J connectivity index is 2.10. The van der Waals surface area contributed by atoms with Gasteiger partial charge in [0.1, 0.15) is 0 Å². The average molecular weight is 242 g/mol. The lowest BCUT2D eigenvalue weighted by Gasteiger charge is -2.29. The van der Waals surface area contributed by atoms with Gasteiger partial charge < -0.3 is 10.1 Å². The fourth-order valence-electron chi connectivity index (χ4n) is 2.68. The first kappa shape index (κ1) is 14.9. The summed E-state index contributed by atoms with van der Waals surface area (Å²) >= 11 is 0. The van der Waals surface area contributed by atoms with Gasteiger partial charge in [-0.15, -0.1) is 0 Å². The number of hydrogen-bond acceptors (Lipinski definition) is 3. The van der Waals surface area contributed by atoms with E-state index >= 15 is 0 Å². The normalized spacial score (nSPS) is 22.6. The zero-order chi connectivity index (χ0) is 12.3. The minimum Gasteiger partial charge on any atom is -0.385 e. The molecule has 1 rings (SSSR count). The largest absolute Gasteiger partial charge is 0.385 e. The lowest BCUT2D eigenvalue weighted by molar-refractivity contribution is 0.186. The molecule has 1 unspecified atom stereocenters. The van der Waals surface area contributed by atoms with Crippen molar-refractivity contribution in [2.45, 2.75) is 51.5 Å². The summed E-state index contributed by atoms with van der Waals surface area (Å²) in [5.74, 6) is 0. The molecule has 1 saturated heterocycles. The van der Waals surface area contributed by atoms with Crippen molar-refractivity contribution in [2.24, 2.45) is 0 Å². The molecule has 0 spiro atoms. The minimum atomic E-state index is 0.832. The van der Waals surface area contributed by atoms with Crippen LogP contribution in [-0.4, -0.2) is 50.8 Å². The summed E-state index contributed by atoms with van der Waals surface area (Å²) in [6, 6.07) is 0.832. The third-order valence-electron chi connectivity index (χ3n) is 3.75. The second kappa shape index (κ2) is 9.86. The number of hydrogen-bond donors (Lipinski definition) is 1. The zero-order valence-electron chi connectivity index (χ0n) is 11.7. The fraction of sp³-hybridized carbons (Fsp3) is 1.00. The van der Waals surface area contributed by atoms with Crippen molar-refractivity contribution in [1.82, 2.24) is 10.2 Å². The fourth-order valence-corrected chi connectivity index (χ4v) is 2.68. The Morgan fingerprint density at radius 2 is 2.12 bits per heavy atom. The second-order valence-electron chi connectivity index (χ2n) is 5.04. The molecule has 102 valence electrons. The average Bonchev–Trinajstić information content (AvgIpc) is 2.58. The van der Waals surface area contributed by atoms with Crippen LogP contribution in [0.25, 0.3) is 0 Å². The van der Waals surface area contributed by atoms with Gasteiger partial charge >= 0.3 is 0 Å². The Hall–Kier alpha value is -0.120. The topological polar surface area (TPSA) is 24.5 Å². The molecular weight excluding hydrogens is 212 g/mol. The van der Waals surface area contributed by atoms with Gasteiger partial charge in [-0.25, -0.2) is 0 Å². The van der Waals surface area contributed by atoms with Gasteiger partial charge in [0.25, 0.3) is 0 Å². The van der Waals surface area contributed by atoms with E-state index in [1.807, 2.05) is 0 Å². The van der Waals surface area contributed by atoms with E-state index in [1.54, 1.807) is 7.11 Å². The number of likely N-dealkylation sites (tertiary alicyclic amines) is 1. The summed E-state index contributed by atoms with van der Waals surface area (Å²) in [6.45, 7) is 7.92. The highest BCUT2D eigenvalue weighted by atomic mass is 16.5. The van der Waals surface area contributed by atoms with Gasteiger partial charge in [0, 0.05) is 32.8 Å². The van der Waals surface area contributed by atoms with Crippen molar-refractivity contribution < 1.29 is 4.74 Å². The van der Waals surface area contributed by atoms with Crippen molar-refractivity contribution in [3.63, 3.8) is 0 Å². The quantitative estimate of drug-likeness (QED) is 0.661. The van der Waals surface area contributed by atoms with Gasteiger partial charge in [0.05, 0.1) is 0 Å². The van der Waals surface area contributed by atoms with E-state index in [9.17, 15) is 0 Å². The molecule has 1 N–H and O–H groups in total. The lowest BCUT2D eigenvalue weighted by Crippen LogP contribution is -2.39. The van der Waals surface area contributed by atoms with Crippen molar-refractivity contribution in [3.05, 3.63) is 0 Å². The SMILES string of the molecule is CCC1CCCCCN1CCNCCCOC. The third-order valence-corrected chi connectivity index (χ3v) is 3.75. The van der Waals surface area contributed by atoms with Crippen molar-refractivity contribution in [3.8, 4) is 0 Å². The zero-order valence-corrected chi connectivity index (χ0v) is 11.7. The lowest BCUT2D eigenvalue weighted by atomic mass is 10.1. The molecule has 3 nitrogen and oxygen atoms in total. The van der Waals surface area contributed by atoms with E-state index in [-0.39, 0.29) is 0 Å². The van der Waals surface area contributed by atoms with Gasteiger partial charge in [-0.3, -0.25) is 4.90 Å². The monoisotopic (exact) mass is 242 g/mol. The number of ether oxygens (including phenoxy) is 1. The van der Waals surface area contributed by atoms with Gasteiger partial charge in [0.2, 0.25) is 0 Å². The van der Waals surface area contributed by atoms with Crippen LogP contribution >= 0.6 is 0 Å². The van der Waals surface area contributed by atoms with Gasteiger partial charge in [0.15, 0.2) is 0 Å². The van der Waals surface area contributed by atoms with E-state index in [0.29, 0.717) is 0 Å². The van der Waals surface area contributed by atoms with Crippen LogP contribution in [0.4, 0.5) is 0 Å². The van der Waals surface area contributed by atoms with Crippen LogP contribution in [0.3, 0.4) is 0 Å². The third kappa shape index (κ3) is 6.39. The number of rotatable bonds is 8. The highest BCUT2D eigenvalue weighted by molar-refractivity contribution is 4.74. The predicted octanol–water partition coefficient (Wildman–Crippen LogP) is 2.27. The Labute approximate surface area is 107 Å². The van der Waals surface area contributed by atoms with Crippen LogP contribution in [0, 0.1) is 0 Å². The van der Waals surface area contributed by atoms with Crippen molar-refractivity contribution >= 4 is 0 Å². The highest BCUT2D eigenvalue weighted by Gasteiger charge is 2.18. The first-order chi connectivity index (χ1) is 8.38. The second-order valence-corrected chi connectivity index (χ2v) is 5.04. The molecule has 1 aliphatic rings. The Morgan fingerprint density at radius 1 is 1.24 bits per heavy atom. The Bertz CT molecular complexity index is 176. The maximum absolute atomic E-state index is 5.04. The molecule has 1 aliphatic heterocycles. The molecule has 0 bridgehead atoms. The van der Waals surface area contributed by atoms with E-state index in [0.717, 1.165) is 32.2 Å². The molecule has 0 aliphatic carbocycles. The first-order valence-electron chi connectivity index (χ1n) is 7.32. The molecule has 0 aromatic rings. The summed E-state index contributed by atoms with van der Waals surface area (Å²) in [5, 5.41) is 3.51. The summed E-state index contributed by atoms with van der Waals surface area (Å²) in [5.41, 5.74) is 0. The molecule has 3 heteroatoms.